The molecule has 3 aliphatic heterocycles. The molecule has 604 valence electrons. The second kappa shape index (κ2) is 35.5. The number of primary amides is 2. The molecule has 12 heterocycles. The summed E-state index contributed by atoms with van der Waals surface area (Å²) in [4.78, 5) is 90.5. The summed E-state index contributed by atoms with van der Waals surface area (Å²) >= 11 is 0. The van der Waals surface area contributed by atoms with E-state index in [-0.39, 0.29) is 49.1 Å². The molecular formula is C95H85N17O9. The van der Waals surface area contributed by atoms with Crippen LogP contribution in [0.1, 0.15) is 64.4 Å². The number of aryl methyl sites for hydroxylation is 1. The van der Waals surface area contributed by atoms with Crippen LogP contribution in [0.5, 0.6) is 23.0 Å². The summed E-state index contributed by atoms with van der Waals surface area (Å²) in [6.45, 7) is 10.1. The first-order chi connectivity index (χ1) is 59.1. The van der Waals surface area contributed by atoms with Crippen molar-refractivity contribution in [3.05, 3.63) is 284 Å². The number of aromatic amines is 2. The van der Waals surface area contributed by atoms with Crippen molar-refractivity contribution < 1.29 is 42.9 Å². The Balaban J connectivity index is 0.000000115. The molecule has 4 amide bonds. The third kappa shape index (κ3) is 18.0. The number of aromatic nitrogens is 12. The number of hydrogen-bond acceptors (Lipinski definition) is 19. The highest BCUT2D eigenvalue weighted by molar-refractivity contribution is 5.97. The molecule has 8 aromatic carbocycles. The average Bonchev–Trinajstić information content (AvgIpc) is 1.77. The van der Waals surface area contributed by atoms with Gasteiger partial charge >= 0.3 is 0 Å². The number of imidazole rings is 2. The van der Waals surface area contributed by atoms with Gasteiger partial charge in [-0.25, -0.2) is 9.97 Å². The van der Waals surface area contributed by atoms with E-state index >= 15 is 0 Å². The van der Waals surface area contributed by atoms with Crippen molar-refractivity contribution in [1.82, 2.24) is 75.2 Å². The van der Waals surface area contributed by atoms with Crippen LogP contribution in [0.15, 0.2) is 256 Å². The van der Waals surface area contributed by atoms with Gasteiger partial charge in [0.15, 0.2) is 0 Å². The van der Waals surface area contributed by atoms with Gasteiger partial charge in [-0.1, -0.05) is 48.5 Å². The number of rotatable bonds is 20. The van der Waals surface area contributed by atoms with Gasteiger partial charge in [0.2, 0.25) is 11.8 Å². The van der Waals surface area contributed by atoms with Crippen LogP contribution in [0.25, 0.3) is 121 Å². The Kier molecular flexibility index (Phi) is 23.1. The third-order valence-electron chi connectivity index (χ3n) is 22.1. The zero-order valence-corrected chi connectivity index (χ0v) is 66.6. The number of carbonyl (C=O) groups is 4. The monoisotopic (exact) mass is 1610 g/mol. The van der Waals surface area contributed by atoms with Crippen molar-refractivity contribution >= 4 is 100 Å². The maximum absolute atomic E-state index is 11.7. The molecule has 0 saturated carbocycles. The van der Waals surface area contributed by atoms with Crippen LogP contribution in [0.4, 0.5) is 0 Å². The third-order valence-corrected chi connectivity index (χ3v) is 22.1. The number of ether oxygens (including phenoxy) is 5. The smallest absolute Gasteiger partial charge is 0.250 e. The summed E-state index contributed by atoms with van der Waals surface area (Å²) in [5.74, 6) is 2.39. The van der Waals surface area contributed by atoms with Crippen molar-refractivity contribution in [3.63, 3.8) is 0 Å². The predicted octanol–water partition coefficient (Wildman–Crippen LogP) is 15.0. The fraction of sp³-hybridized carbons (Fsp3) is 0.189. The maximum atomic E-state index is 11.7. The fourth-order valence-electron chi connectivity index (χ4n) is 15.4. The Labute approximate surface area is 694 Å². The van der Waals surface area contributed by atoms with Crippen LogP contribution < -0.4 is 41.0 Å². The molecule has 17 aromatic rings. The first kappa shape index (κ1) is 78.6. The highest BCUT2D eigenvalue weighted by Gasteiger charge is 2.31. The maximum Gasteiger partial charge on any atom is 0.250 e. The van der Waals surface area contributed by atoms with Crippen LogP contribution >= 0.6 is 0 Å². The minimum Gasteiger partial charge on any atom is -0.490 e. The lowest BCUT2D eigenvalue weighted by Gasteiger charge is -2.26. The van der Waals surface area contributed by atoms with Gasteiger partial charge in [0.05, 0.1) is 104 Å². The standard InChI is InChI=1S/C27H26N4O3.C23H17N5O2.C23H22N4O2.C22H20N4O2/c28-27(32)23-4-2-10-30-25(23)18-34-26-16-21(15-24-22(26)3-1-9-29-24)20-7-5-19(6-8-20)17-31-11-13-33-14-12-31;24-23(29)17-4-2-8-26-21(17)12-30-22-11-15(10-19-16(22)3-1-7-25-19)14-5-6-18-20(9-14)28-13-27-18;1-14(18-11-23(28)25-12-18)29-22-10-17(8-20-19(22)4-3-7-24-20)15-5-6-16-13-26-27(2)21(16)9-15;1-13(16-10-22(27)24-11-16)28-21-9-15(8-19-17(21)3-2-6-23-19)14-4-5-18-20(7-14)26-12-25-18/h1-10,15-16H,11-14,17-18H2,(H2,28,32);1-11,13H,12H2,(H2,24,29)(H,27,28);3-10,13-14,18H,11-12H2,1-2H3,(H,25,28);2-9,12-13,16H,10-11H2,1H3,(H,24,27)(H,25,26)/t;;14-,18-;13-,16-/m..11/s1. The van der Waals surface area contributed by atoms with Gasteiger partial charge in [-0.3, -0.25) is 58.7 Å². The minimum atomic E-state index is -0.533. The van der Waals surface area contributed by atoms with Crippen molar-refractivity contribution in [2.24, 2.45) is 30.4 Å². The van der Waals surface area contributed by atoms with Gasteiger partial charge in [0.25, 0.3) is 11.8 Å². The van der Waals surface area contributed by atoms with Crippen molar-refractivity contribution in [2.45, 2.75) is 58.7 Å². The van der Waals surface area contributed by atoms with Crippen LogP contribution in [-0.2, 0) is 41.1 Å². The first-order valence-corrected chi connectivity index (χ1v) is 40.0. The number of nitrogens with two attached hydrogens (primary N) is 2. The van der Waals surface area contributed by atoms with E-state index in [1.807, 2.05) is 123 Å². The van der Waals surface area contributed by atoms with E-state index in [9.17, 15) is 19.2 Å². The second-order valence-electron chi connectivity index (χ2n) is 30.1. The zero-order chi connectivity index (χ0) is 82.9. The topological polar surface area (TPSA) is 346 Å². The molecule has 4 atom stereocenters. The van der Waals surface area contributed by atoms with Gasteiger partial charge in [0.1, 0.15) is 48.4 Å². The number of pyridine rings is 6. The van der Waals surface area contributed by atoms with Gasteiger partial charge in [-0.05, 0) is 216 Å². The summed E-state index contributed by atoms with van der Waals surface area (Å²) in [7, 11) is 1.95. The van der Waals surface area contributed by atoms with Gasteiger partial charge in [-0.2, -0.15) is 5.10 Å². The molecule has 0 aliphatic carbocycles. The van der Waals surface area contributed by atoms with Crippen LogP contribution in [0.3, 0.4) is 0 Å². The van der Waals surface area contributed by atoms with Gasteiger partial charge in [-0.15, -0.1) is 0 Å². The molecule has 0 radical (unpaired) electrons. The largest absolute Gasteiger partial charge is 0.490 e. The molecular weight excluding hydrogens is 1520 g/mol. The summed E-state index contributed by atoms with van der Waals surface area (Å²) < 4.78 is 32.3. The number of morpholine rings is 1. The Morgan fingerprint density at radius 1 is 0.455 bits per heavy atom. The van der Waals surface area contributed by atoms with E-state index < -0.39 is 11.8 Å². The number of H-pyrrole nitrogens is 2. The van der Waals surface area contributed by atoms with Gasteiger partial charge < -0.3 is 55.8 Å². The number of benzene rings is 8. The number of carbonyl (C=O) groups excluding carboxylic acids is 4. The summed E-state index contributed by atoms with van der Waals surface area (Å²) in [6, 6.07) is 65.6. The SMILES string of the molecule is C[C@@H](Oc1cc(-c2ccc3cnn(C)c3c2)cc2ncccc12)[C@H]1CNC(=O)C1.C[C@@H](Oc1cc(-c2ccc3nc[nH]c3c2)cc2ncccc12)[C@H]1CNC(=O)C1.NC(=O)c1cccnc1COc1cc(-c2ccc(CN3CCOCC3)cc2)cc2ncccc12.NC(=O)c1cccnc1COc1cc(-c2ccc3nc[nH]c3c2)cc2ncccc12. The molecule has 0 spiro atoms. The molecule has 8 N–H and O–H groups in total. The Hall–Kier alpha value is -14.9. The number of fused-ring (bicyclic) bond motifs is 7. The van der Waals surface area contributed by atoms with Crippen LogP contribution in [-0.4, -0.2) is 140 Å². The second-order valence-corrected chi connectivity index (χ2v) is 30.1. The normalized spacial score (nSPS) is 15.1. The molecule has 26 nitrogen and oxygen atoms in total. The van der Waals surface area contributed by atoms with E-state index in [4.69, 9.17) is 35.2 Å². The molecule has 26 heteroatoms. The van der Waals surface area contributed by atoms with Crippen LogP contribution in [0.2, 0.25) is 0 Å². The first-order valence-electron chi connectivity index (χ1n) is 40.0. The lowest BCUT2D eigenvalue weighted by atomic mass is 10.0. The molecule has 3 saturated heterocycles. The van der Waals surface area contributed by atoms with Crippen molar-refractivity contribution in [1.29, 1.82) is 0 Å². The van der Waals surface area contributed by atoms with E-state index in [1.54, 1.807) is 74.1 Å². The van der Waals surface area contributed by atoms with E-state index in [1.165, 1.54) is 5.56 Å². The van der Waals surface area contributed by atoms with Crippen molar-refractivity contribution in [3.8, 4) is 67.5 Å². The highest BCUT2D eigenvalue weighted by Crippen LogP contribution is 2.39. The van der Waals surface area contributed by atoms with E-state index in [0.717, 1.165) is 165 Å². The molecule has 121 heavy (non-hydrogen) atoms. The van der Waals surface area contributed by atoms with Crippen molar-refractivity contribution in [2.75, 3.05) is 39.4 Å². The average molecular weight is 1610 g/mol. The Morgan fingerprint density at radius 3 is 1.31 bits per heavy atom. The number of amides is 4. The summed E-state index contributed by atoms with van der Waals surface area (Å²) in [5.41, 5.74) is 30.5. The Morgan fingerprint density at radius 2 is 0.860 bits per heavy atom. The predicted molar refractivity (Wildman–Crippen MR) is 465 cm³/mol. The summed E-state index contributed by atoms with van der Waals surface area (Å²) in [6.07, 6.45) is 16.4. The molecule has 0 unspecified atom stereocenters. The minimum absolute atomic E-state index is 0.0762. The van der Waals surface area contributed by atoms with E-state index in [0.29, 0.717) is 59.9 Å². The van der Waals surface area contributed by atoms with Gasteiger partial charge in [0, 0.05) is 129 Å². The van der Waals surface area contributed by atoms with E-state index in [2.05, 4.69) is 155 Å². The van der Waals surface area contributed by atoms with Crippen LogP contribution in [0, 0.1) is 11.8 Å². The molecule has 3 aliphatic rings. The lowest BCUT2D eigenvalue weighted by molar-refractivity contribution is -0.120. The molecule has 3 fully saturated rings. The zero-order valence-electron chi connectivity index (χ0n) is 66.6. The number of nitrogens with one attached hydrogen (secondary N) is 4. The fourth-order valence-corrected chi connectivity index (χ4v) is 15.4. The highest BCUT2D eigenvalue weighted by atomic mass is 16.5. The molecule has 20 rings (SSSR count). The summed E-state index contributed by atoms with van der Waals surface area (Å²) in [5, 5.41) is 14.9. The number of nitrogens with zero attached hydrogens (tertiary/aromatic N) is 11. The molecule has 9 aromatic heterocycles. The number of hydrogen-bond donors (Lipinski definition) is 6. The lowest BCUT2D eigenvalue weighted by Crippen LogP contribution is -2.35. The molecule has 0 bridgehead atoms. The Bertz CT molecular complexity index is 6710. The quantitative estimate of drug-likeness (QED) is 0.0413.